The molecule has 124 valence electrons. The van der Waals surface area contributed by atoms with E-state index in [0.29, 0.717) is 22.3 Å². The van der Waals surface area contributed by atoms with Gasteiger partial charge in [-0.05, 0) is 42.3 Å². The Hall–Kier alpha value is -2.83. The molecule has 4 nitrogen and oxygen atoms in total. The molecule has 0 bridgehead atoms. The second-order valence-electron chi connectivity index (χ2n) is 5.34. The maximum Gasteiger partial charge on any atom is 0.573 e. The van der Waals surface area contributed by atoms with Crippen molar-refractivity contribution in [3.05, 3.63) is 58.5 Å². The molecular weight excluding hydrogens is 321 g/mol. The van der Waals surface area contributed by atoms with Gasteiger partial charge in [0.25, 0.3) is 5.56 Å². The molecule has 0 aliphatic heterocycles. The average Bonchev–Trinajstić information content (AvgIpc) is 2.52. The SMILES string of the molecule is Cc1nc2ccc(-c3ccc(OC(F)(F)F)cc3)cc2n(C)c1=O. The second-order valence-corrected chi connectivity index (χ2v) is 5.34. The number of hydrogen-bond acceptors (Lipinski definition) is 3. The molecule has 0 amide bonds. The highest BCUT2D eigenvalue weighted by molar-refractivity contribution is 5.81. The van der Waals surface area contributed by atoms with Gasteiger partial charge in [0, 0.05) is 7.05 Å². The van der Waals surface area contributed by atoms with Crippen LogP contribution in [0, 0.1) is 6.92 Å². The number of aryl methyl sites for hydroxylation is 2. The molecule has 0 N–H and O–H groups in total. The Morgan fingerprint density at radius 1 is 1.04 bits per heavy atom. The summed E-state index contributed by atoms with van der Waals surface area (Å²) >= 11 is 0. The highest BCUT2D eigenvalue weighted by Crippen LogP contribution is 2.27. The molecule has 7 heteroatoms. The van der Waals surface area contributed by atoms with Crippen LogP contribution in [0.4, 0.5) is 13.2 Å². The van der Waals surface area contributed by atoms with Gasteiger partial charge in [0.05, 0.1) is 11.0 Å². The minimum Gasteiger partial charge on any atom is -0.406 e. The molecule has 0 aliphatic carbocycles. The lowest BCUT2D eigenvalue weighted by Crippen LogP contribution is -2.21. The monoisotopic (exact) mass is 334 g/mol. The Balaban J connectivity index is 2.02. The standard InChI is InChI=1S/C17H13F3N2O2/c1-10-16(23)22(2)15-9-12(5-8-14(15)21-10)11-3-6-13(7-4-11)24-17(18,19)20/h3-9H,1-2H3. The number of hydrogen-bond donors (Lipinski definition) is 0. The van der Waals surface area contributed by atoms with Crippen LogP contribution in [-0.4, -0.2) is 15.9 Å². The first-order valence-electron chi connectivity index (χ1n) is 7.08. The van der Waals surface area contributed by atoms with Gasteiger partial charge < -0.3 is 9.30 Å². The molecule has 0 aliphatic rings. The zero-order chi connectivity index (χ0) is 17.5. The van der Waals surface area contributed by atoms with E-state index in [2.05, 4.69) is 9.72 Å². The molecule has 0 atom stereocenters. The first-order valence-corrected chi connectivity index (χ1v) is 7.08. The summed E-state index contributed by atoms with van der Waals surface area (Å²) < 4.78 is 41.9. The van der Waals surface area contributed by atoms with Crippen molar-refractivity contribution in [2.24, 2.45) is 7.05 Å². The van der Waals surface area contributed by atoms with Crippen molar-refractivity contribution < 1.29 is 17.9 Å². The van der Waals surface area contributed by atoms with Crippen molar-refractivity contribution in [2.75, 3.05) is 0 Å². The molecule has 3 aromatic rings. The maximum absolute atomic E-state index is 12.2. The zero-order valence-electron chi connectivity index (χ0n) is 12.9. The number of rotatable bonds is 2. The van der Waals surface area contributed by atoms with Crippen LogP contribution in [0.15, 0.2) is 47.3 Å². The summed E-state index contributed by atoms with van der Waals surface area (Å²) in [7, 11) is 1.66. The molecule has 0 fully saturated rings. The molecule has 0 radical (unpaired) electrons. The molecule has 0 saturated carbocycles. The van der Waals surface area contributed by atoms with Gasteiger partial charge in [-0.1, -0.05) is 18.2 Å². The molecule has 24 heavy (non-hydrogen) atoms. The zero-order valence-corrected chi connectivity index (χ0v) is 12.9. The van der Waals surface area contributed by atoms with Crippen LogP contribution in [0.2, 0.25) is 0 Å². The molecule has 0 spiro atoms. The quantitative estimate of drug-likeness (QED) is 0.716. The van der Waals surface area contributed by atoms with E-state index in [-0.39, 0.29) is 11.3 Å². The van der Waals surface area contributed by atoms with Crippen LogP contribution in [0.5, 0.6) is 5.75 Å². The topological polar surface area (TPSA) is 44.1 Å². The minimum absolute atomic E-state index is 0.187. The van der Waals surface area contributed by atoms with Crippen LogP contribution in [0.25, 0.3) is 22.2 Å². The summed E-state index contributed by atoms with van der Waals surface area (Å²) in [6.45, 7) is 1.65. The lowest BCUT2D eigenvalue weighted by atomic mass is 10.0. The van der Waals surface area contributed by atoms with E-state index >= 15 is 0 Å². The molecule has 1 heterocycles. The van der Waals surface area contributed by atoms with Gasteiger partial charge in [-0.15, -0.1) is 13.2 Å². The Morgan fingerprint density at radius 3 is 2.29 bits per heavy atom. The van der Waals surface area contributed by atoms with Crippen LogP contribution < -0.4 is 10.3 Å². The molecular formula is C17H13F3N2O2. The fraction of sp³-hybridized carbons (Fsp3) is 0.176. The number of benzene rings is 2. The fourth-order valence-corrected chi connectivity index (χ4v) is 2.50. The normalized spacial score (nSPS) is 11.7. The van der Waals surface area contributed by atoms with E-state index in [4.69, 9.17) is 0 Å². The van der Waals surface area contributed by atoms with Gasteiger partial charge in [0.1, 0.15) is 11.4 Å². The highest BCUT2D eigenvalue weighted by atomic mass is 19.4. The third kappa shape index (κ3) is 3.10. The second kappa shape index (κ2) is 5.67. The van der Waals surface area contributed by atoms with E-state index in [1.807, 2.05) is 0 Å². The molecule has 0 saturated heterocycles. The van der Waals surface area contributed by atoms with Crippen molar-refractivity contribution in [1.29, 1.82) is 0 Å². The summed E-state index contributed by atoms with van der Waals surface area (Å²) in [6, 6.07) is 10.9. The summed E-state index contributed by atoms with van der Waals surface area (Å²) in [5.74, 6) is -0.281. The third-order valence-electron chi connectivity index (χ3n) is 3.66. The van der Waals surface area contributed by atoms with Crippen LogP contribution >= 0.6 is 0 Å². The van der Waals surface area contributed by atoms with Crippen molar-refractivity contribution in [1.82, 2.24) is 9.55 Å². The van der Waals surface area contributed by atoms with Gasteiger partial charge >= 0.3 is 6.36 Å². The Labute approximate surface area is 135 Å². The van der Waals surface area contributed by atoms with E-state index in [1.54, 1.807) is 32.2 Å². The van der Waals surface area contributed by atoms with Crippen molar-refractivity contribution in [3.63, 3.8) is 0 Å². The summed E-state index contributed by atoms with van der Waals surface area (Å²) in [5, 5.41) is 0. The van der Waals surface area contributed by atoms with Crippen LogP contribution in [-0.2, 0) is 7.05 Å². The summed E-state index contributed by atoms with van der Waals surface area (Å²) in [5.41, 5.74) is 3.02. The smallest absolute Gasteiger partial charge is 0.406 e. The van der Waals surface area contributed by atoms with Crippen molar-refractivity contribution in [3.8, 4) is 16.9 Å². The Kier molecular flexibility index (Phi) is 3.79. The summed E-state index contributed by atoms with van der Waals surface area (Å²) in [4.78, 5) is 16.2. The molecule has 3 rings (SSSR count). The molecule has 0 unspecified atom stereocenters. The number of alkyl halides is 3. The average molecular weight is 334 g/mol. The lowest BCUT2D eigenvalue weighted by Gasteiger charge is -2.10. The van der Waals surface area contributed by atoms with Crippen LogP contribution in [0.3, 0.4) is 0 Å². The van der Waals surface area contributed by atoms with E-state index in [9.17, 15) is 18.0 Å². The largest absolute Gasteiger partial charge is 0.573 e. The highest BCUT2D eigenvalue weighted by Gasteiger charge is 2.30. The number of ether oxygens (including phenoxy) is 1. The number of aromatic nitrogens is 2. The molecule has 2 aromatic carbocycles. The van der Waals surface area contributed by atoms with Crippen LogP contribution in [0.1, 0.15) is 5.69 Å². The van der Waals surface area contributed by atoms with E-state index < -0.39 is 6.36 Å². The van der Waals surface area contributed by atoms with Gasteiger partial charge in [-0.2, -0.15) is 0 Å². The van der Waals surface area contributed by atoms with Crippen molar-refractivity contribution >= 4 is 11.0 Å². The first-order chi connectivity index (χ1) is 11.2. The predicted molar refractivity (Wildman–Crippen MR) is 83.8 cm³/mol. The fourth-order valence-electron chi connectivity index (χ4n) is 2.50. The first kappa shape index (κ1) is 16.0. The molecule has 1 aromatic heterocycles. The predicted octanol–water partition coefficient (Wildman–Crippen LogP) is 3.81. The third-order valence-corrected chi connectivity index (χ3v) is 3.66. The van der Waals surface area contributed by atoms with E-state index in [0.717, 1.165) is 5.56 Å². The summed E-state index contributed by atoms with van der Waals surface area (Å²) in [6.07, 6.45) is -4.72. The number of nitrogens with zero attached hydrogens (tertiary/aromatic N) is 2. The van der Waals surface area contributed by atoms with Gasteiger partial charge in [0.2, 0.25) is 0 Å². The minimum atomic E-state index is -4.72. The number of fused-ring (bicyclic) bond motifs is 1. The Morgan fingerprint density at radius 2 is 1.67 bits per heavy atom. The van der Waals surface area contributed by atoms with Gasteiger partial charge in [-0.25, -0.2) is 4.98 Å². The van der Waals surface area contributed by atoms with Gasteiger partial charge in [-0.3, -0.25) is 4.79 Å². The Bertz CT molecular complexity index is 960. The van der Waals surface area contributed by atoms with Crippen molar-refractivity contribution in [2.45, 2.75) is 13.3 Å². The lowest BCUT2D eigenvalue weighted by molar-refractivity contribution is -0.274. The number of halogens is 3. The van der Waals surface area contributed by atoms with E-state index in [1.165, 1.54) is 28.8 Å². The van der Waals surface area contributed by atoms with Gasteiger partial charge in [0.15, 0.2) is 0 Å². The maximum atomic E-state index is 12.2.